The van der Waals surface area contributed by atoms with E-state index in [1.54, 1.807) is 7.11 Å². The summed E-state index contributed by atoms with van der Waals surface area (Å²) in [6.07, 6.45) is 3.63. The first-order chi connectivity index (χ1) is 8.50. The van der Waals surface area contributed by atoms with Crippen LogP contribution < -0.4 is 5.32 Å². The molecule has 2 unspecified atom stereocenters. The molecule has 108 valence electrons. The van der Waals surface area contributed by atoms with Crippen LogP contribution in [0.25, 0.3) is 0 Å². The lowest BCUT2D eigenvalue weighted by molar-refractivity contribution is 0.0637. The van der Waals surface area contributed by atoms with Crippen molar-refractivity contribution < 1.29 is 4.74 Å². The third kappa shape index (κ3) is 4.87. The number of methoxy groups -OCH3 is 1. The van der Waals surface area contributed by atoms with E-state index < -0.39 is 0 Å². The molecule has 2 atom stereocenters. The number of hydrogen-bond acceptors (Lipinski definition) is 3. The van der Waals surface area contributed by atoms with Crippen LogP contribution in [0.3, 0.4) is 0 Å². The summed E-state index contributed by atoms with van der Waals surface area (Å²) in [5, 5.41) is 3.75. The predicted octanol–water partition coefficient (Wildman–Crippen LogP) is 2.51. The molecule has 0 aromatic rings. The highest BCUT2D eigenvalue weighted by Gasteiger charge is 2.34. The summed E-state index contributed by atoms with van der Waals surface area (Å²) in [5.41, 5.74) is 0.292. The zero-order chi connectivity index (χ0) is 13.6. The van der Waals surface area contributed by atoms with Gasteiger partial charge in [-0.05, 0) is 32.1 Å². The summed E-state index contributed by atoms with van der Waals surface area (Å²) in [7, 11) is 1.79. The lowest BCUT2D eigenvalue weighted by atomic mass is 9.90. The minimum Gasteiger partial charge on any atom is -0.385 e. The highest BCUT2D eigenvalue weighted by atomic mass is 16.5. The summed E-state index contributed by atoms with van der Waals surface area (Å²) in [6.45, 7) is 13.6. The molecule has 3 nitrogen and oxygen atoms in total. The number of nitrogens with zero attached hydrogens (tertiary/aromatic N) is 1. The van der Waals surface area contributed by atoms with Gasteiger partial charge in [-0.2, -0.15) is 0 Å². The molecule has 0 radical (unpaired) electrons. The van der Waals surface area contributed by atoms with Crippen molar-refractivity contribution in [2.24, 2.45) is 5.92 Å². The molecule has 0 spiro atoms. The van der Waals surface area contributed by atoms with Gasteiger partial charge in [0.2, 0.25) is 0 Å². The van der Waals surface area contributed by atoms with E-state index in [-0.39, 0.29) is 0 Å². The second kappa shape index (κ2) is 7.46. The molecule has 3 heteroatoms. The van der Waals surface area contributed by atoms with Crippen molar-refractivity contribution in [3.63, 3.8) is 0 Å². The first kappa shape index (κ1) is 15.9. The highest BCUT2D eigenvalue weighted by molar-refractivity contribution is 4.94. The Balaban J connectivity index is 2.55. The van der Waals surface area contributed by atoms with Gasteiger partial charge in [0.05, 0.1) is 0 Å². The molecule has 1 saturated heterocycles. The van der Waals surface area contributed by atoms with Crippen molar-refractivity contribution in [3.8, 4) is 0 Å². The summed E-state index contributed by atoms with van der Waals surface area (Å²) >= 11 is 0. The third-order valence-electron chi connectivity index (χ3n) is 4.15. The smallest absolute Gasteiger partial charge is 0.0474 e. The fraction of sp³-hybridized carbons (Fsp3) is 1.00. The number of nitrogens with one attached hydrogen (secondary N) is 1. The average molecular weight is 256 g/mol. The molecular formula is C15H32N2O. The van der Waals surface area contributed by atoms with Gasteiger partial charge in [-0.1, -0.05) is 20.8 Å². The van der Waals surface area contributed by atoms with E-state index in [0.717, 1.165) is 25.5 Å². The highest BCUT2D eigenvalue weighted by Crippen LogP contribution is 2.22. The maximum Gasteiger partial charge on any atom is 0.0474 e. The summed E-state index contributed by atoms with van der Waals surface area (Å²) in [6, 6.07) is 0.696. The summed E-state index contributed by atoms with van der Waals surface area (Å²) < 4.78 is 5.19. The fourth-order valence-corrected chi connectivity index (χ4v) is 2.81. The van der Waals surface area contributed by atoms with E-state index in [4.69, 9.17) is 4.74 Å². The van der Waals surface area contributed by atoms with Crippen LogP contribution in [-0.4, -0.2) is 49.8 Å². The monoisotopic (exact) mass is 256 g/mol. The van der Waals surface area contributed by atoms with Crippen LogP contribution in [-0.2, 0) is 4.74 Å². The lowest BCUT2D eigenvalue weighted by Gasteiger charge is -2.46. The van der Waals surface area contributed by atoms with Gasteiger partial charge in [-0.3, -0.25) is 4.90 Å². The van der Waals surface area contributed by atoms with Gasteiger partial charge in [-0.25, -0.2) is 0 Å². The van der Waals surface area contributed by atoms with Crippen molar-refractivity contribution >= 4 is 0 Å². The molecular weight excluding hydrogens is 224 g/mol. The molecule has 0 aromatic heterocycles. The molecule has 0 amide bonds. The molecule has 18 heavy (non-hydrogen) atoms. The minimum absolute atomic E-state index is 0.292. The van der Waals surface area contributed by atoms with E-state index >= 15 is 0 Å². The Kier molecular flexibility index (Phi) is 6.61. The van der Waals surface area contributed by atoms with Crippen LogP contribution in [0.1, 0.15) is 47.0 Å². The Morgan fingerprint density at radius 2 is 2.17 bits per heavy atom. The maximum atomic E-state index is 5.19. The Morgan fingerprint density at radius 3 is 2.72 bits per heavy atom. The second-order valence-corrected chi connectivity index (χ2v) is 6.40. The second-order valence-electron chi connectivity index (χ2n) is 6.40. The minimum atomic E-state index is 0.292. The maximum absolute atomic E-state index is 5.19. The Bertz CT molecular complexity index is 233. The molecule has 1 heterocycles. The fourth-order valence-electron chi connectivity index (χ4n) is 2.81. The van der Waals surface area contributed by atoms with Crippen molar-refractivity contribution in [3.05, 3.63) is 0 Å². The standard InChI is InChI=1S/C15H32N2O/c1-6-15(4)12-17(8-7-9-18-5)14(11-16-15)10-13(2)3/h13-14,16H,6-12H2,1-5H3. The molecule has 1 fully saturated rings. The van der Waals surface area contributed by atoms with E-state index in [1.807, 2.05) is 0 Å². The number of ether oxygens (including phenoxy) is 1. The number of piperazine rings is 1. The molecule has 1 aliphatic rings. The molecule has 0 saturated carbocycles. The topological polar surface area (TPSA) is 24.5 Å². The summed E-state index contributed by atoms with van der Waals surface area (Å²) in [4.78, 5) is 2.68. The van der Waals surface area contributed by atoms with Crippen LogP contribution in [0.4, 0.5) is 0 Å². The van der Waals surface area contributed by atoms with Gasteiger partial charge in [0.1, 0.15) is 0 Å². The Hall–Kier alpha value is -0.120. The molecule has 0 bridgehead atoms. The Morgan fingerprint density at radius 1 is 1.44 bits per heavy atom. The molecule has 0 aromatic carbocycles. The lowest BCUT2D eigenvalue weighted by Crippen LogP contribution is -2.63. The third-order valence-corrected chi connectivity index (χ3v) is 4.15. The number of rotatable bonds is 7. The van der Waals surface area contributed by atoms with Crippen molar-refractivity contribution in [1.29, 1.82) is 0 Å². The zero-order valence-electron chi connectivity index (χ0n) is 13.0. The van der Waals surface area contributed by atoms with Crippen molar-refractivity contribution in [2.75, 3.05) is 33.4 Å². The molecule has 0 aliphatic carbocycles. The van der Waals surface area contributed by atoms with Crippen LogP contribution in [0.5, 0.6) is 0 Å². The van der Waals surface area contributed by atoms with Gasteiger partial charge < -0.3 is 10.1 Å². The average Bonchev–Trinajstić information content (AvgIpc) is 2.33. The largest absolute Gasteiger partial charge is 0.385 e. The first-order valence-electron chi connectivity index (χ1n) is 7.48. The van der Waals surface area contributed by atoms with Crippen LogP contribution in [0.2, 0.25) is 0 Å². The van der Waals surface area contributed by atoms with Crippen LogP contribution in [0, 0.1) is 5.92 Å². The predicted molar refractivity (Wildman–Crippen MR) is 78.0 cm³/mol. The zero-order valence-corrected chi connectivity index (χ0v) is 13.0. The van der Waals surface area contributed by atoms with Gasteiger partial charge in [0.25, 0.3) is 0 Å². The first-order valence-corrected chi connectivity index (χ1v) is 7.48. The van der Waals surface area contributed by atoms with E-state index in [0.29, 0.717) is 11.6 Å². The van der Waals surface area contributed by atoms with Crippen molar-refractivity contribution in [1.82, 2.24) is 10.2 Å². The van der Waals surface area contributed by atoms with Gasteiger partial charge in [0, 0.05) is 44.9 Å². The van der Waals surface area contributed by atoms with Gasteiger partial charge in [0.15, 0.2) is 0 Å². The van der Waals surface area contributed by atoms with Crippen molar-refractivity contribution in [2.45, 2.75) is 58.5 Å². The molecule has 1 rings (SSSR count). The quantitative estimate of drug-likeness (QED) is 0.708. The van der Waals surface area contributed by atoms with Gasteiger partial charge in [-0.15, -0.1) is 0 Å². The van der Waals surface area contributed by atoms with E-state index in [1.165, 1.54) is 25.9 Å². The van der Waals surface area contributed by atoms with Gasteiger partial charge >= 0.3 is 0 Å². The Labute approximate surface area is 113 Å². The number of hydrogen-bond donors (Lipinski definition) is 1. The van der Waals surface area contributed by atoms with Crippen LogP contribution in [0.15, 0.2) is 0 Å². The normalized spacial score (nSPS) is 30.0. The summed E-state index contributed by atoms with van der Waals surface area (Å²) in [5.74, 6) is 0.771. The molecule has 1 aliphatic heterocycles. The van der Waals surface area contributed by atoms with Crippen LogP contribution >= 0.6 is 0 Å². The molecule has 1 N–H and O–H groups in total. The SMILES string of the molecule is CCC1(C)CN(CCCOC)C(CC(C)C)CN1. The van der Waals surface area contributed by atoms with E-state index in [2.05, 4.69) is 37.9 Å². The van der Waals surface area contributed by atoms with E-state index in [9.17, 15) is 0 Å².